The van der Waals surface area contributed by atoms with Crippen molar-refractivity contribution in [2.75, 3.05) is 5.75 Å². The summed E-state index contributed by atoms with van der Waals surface area (Å²) in [7, 11) is 0. The number of Topliss-reactive ketones (excluding diaryl/α,β-unsaturated/α-hetero) is 1. The third kappa shape index (κ3) is 2.31. The molecule has 0 aliphatic heterocycles. The van der Waals surface area contributed by atoms with Crippen molar-refractivity contribution in [3.8, 4) is 11.1 Å². The topological polar surface area (TPSA) is 30.0 Å². The van der Waals surface area contributed by atoms with E-state index in [2.05, 4.69) is 17.6 Å². The molecule has 0 saturated heterocycles. The molecule has 0 fully saturated rings. The highest BCUT2D eigenvalue weighted by Crippen LogP contribution is 2.18. The van der Waals surface area contributed by atoms with Crippen molar-refractivity contribution in [1.29, 1.82) is 0 Å². The van der Waals surface area contributed by atoms with Crippen LogP contribution < -0.4 is 0 Å². The quantitative estimate of drug-likeness (QED) is 0.648. The van der Waals surface area contributed by atoms with Gasteiger partial charge in [0.2, 0.25) is 0 Å². The highest BCUT2D eigenvalue weighted by molar-refractivity contribution is 7.81. The maximum absolute atomic E-state index is 11.4. The van der Waals surface area contributed by atoms with Crippen LogP contribution in [0.4, 0.5) is 0 Å². The second-order valence-corrected chi connectivity index (χ2v) is 3.72. The van der Waals surface area contributed by atoms with E-state index in [1.807, 2.05) is 36.4 Å². The lowest BCUT2D eigenvalue weighted by molar-refractivity contribution is 0.102. The highest BCUT2D eigenvalue weighted by Gasteiger charge is 2.03. The molecule has 2 nitrogen and oxygen atoms in total. The lowest BCUT2D eigenvalue weighted by Crippen LogP contribution is -1.99. The molecule has 0 amide bonds. The Morgan fingerprint density at radius 3 is 2.44 bits per heavy atom. The van der Waals surface area contributed by atoms with Gasteiger partial charge >= 0.3 is 0 Å². The summed E-state index contributed by atoms with van der Waals surface area (Å²) in [5.41, 5.74) is 2.80. The summed E-state index contributed by atoms with van der Waals surface area (Å²) in [5, 5.41) is 0. The summed E-state index contributed by atoms with van der Waals surface area (Å²) in [6.45, 7) is 0. The van der Waals surface area contributed by atoms with E-state index in [1.165, 1.54) is 0 Å². The monoisotopic (exact) mass is 229 g/mol. The van der Waals surface area contributed by atoms with Gasteiger partial charge in [0.15, 0.2) is 5.78 Å². The molecular weight excluding hydrogens is 218 g/mol. The van der Waals surface area contributed by atoms with Crippen molar-refractivity contribution in [2.45, 2.75) is 0 Å². The van der Waals surface area contributed by atoms with Crippen LogP contribution in [0.25, 0.3) is 11.1 Å². The van der Waals surface area contributed by atoms with Gasteiger partial charge in [-0.15, -0.1) is 0 Å². The third-order valence-electron chi connectivity index (χ3n) is 2.35. The minimum Gasteiger partial charge on any atom is -0.293 e. The Morgan fingerprint density at radius 2 is 1.88 bits per heavy atom. The van der Waals surface area contributed by atoms with E-state index in [9.17, 15) is 4.79 Å². The summed E-state index contributed by atoms with van der Waals surface area (Å²) in [6, 6.07) is 11.4. The first-order valence-corrected chi connectivity index (χ1v) is 5.59. The Hall–Kier alpha value is -1.61. The van der Waals surface area contributed by atoms with E-state index in [0.29, 0.717) is 5.56 Å². The summed E-state index contributed by atoms with van der Waals surface area (Å²) >= 11 is 3.96. The number of aromatic nitrogens is 1. The number of thiol groups is 1. The second kappa shape index (κ2) is 4.94. The van der Waals surface area contributed by atoms with Crippen molar-refractivity contribution in [3.05, 3.63) is 54.4 Å². The number of rotatable bonds is 3. The fraction of sp³-hybridized carbons (Fsp3) is 0.0769. The molecule has 0 spiro atoms. The summed E-state index contributed by atoms with van der Waals surface area (Å²) in [6.07, 6.45) is 3.54. The van der Waals surface area contributed by atoms with Crippen LogP contribution in [-0.4, -0.2) is 16.5 Å². The molecule has 0 aliphatic carbocycles. The zero-order valence-corrected chi connectivity index (χ0v) is 9.52. The zero-order chi connectivity index (χ0) is 11.4. The van der Waals surface area contributed by atoms with Gasteiger partial charge in [-0.2, -0.15) is 12.6 Å². The molecule has 0 saturated carbocycles. The molecule has 0 aliphatic rings. The fourth-order valence-electron chi connectivity index (χ4n) is 1.47. The molecule has 16 heavy (non-hydrogen) atoms. The Morgan fingerprint density at radius 1 is 1.12 bits per heavy atom. The number of benzene rings is 1. The predicted molar refractivity (Wildman–Crippen MR) is 67.9 cm³/mol. The van der Waals surface area contributed by atoms with Gasteiger partial charge in [-0.25, -0.2) is 0 Å². The van der Waals surface area contributed by atoms with Gasteiger partial charge in [0.05, 0.1) is 5.75 Å². The molecule has 1 aromatic carbocycles. The molecule has 0 unspecified atom stereocenters. The highest BCUT2D eigenvalue weighted by atomic mass is 32.1. The summed E-state index contributed by atoms with van der Waals surface area (Å²) in [5.74, 6) is 0.285. The van der Waals surface area contributed by atoms with Crippen molar-refractivity contribution < 1.29 is 4.79 Å². The number of carbonyl (C=O) groups excluding carboxylic acids is 1. The van der Waals surface area contributed by atoms with Crippen LogP contribution in [0.2, 0.25) is 0 Å². The molecule has 1 heterocycles. The van der Waals surface area contributed by atoms with Crippen LogP contribution in [-0.2, 0) is 0 Å². The number of hydrogen-bond donors (Lipinski definition) is 1. The zero-order valence-electron chi connectivity index (χ0n) is 8.63. The van der Waals surface area contributed by atoms with Crippen LogP contribution in [0.15, 0.2) is 48.8 Å². The van der Waals surface area contributed by atoms with E-state index >= 15 is 0 Å². The number of carbonyl (C=O) groups is 1. The standard InChI is InChI=1S/C13H11NOS/c15-13(9-16)11-5-3-10(4-6-11)12-2-1-7-14-8-12/h1-8,16H,9H2. The molecule has 0 N–H and O–H groups in total. The van der Waals surface area contributed by atoms with Gasteiger partial charge < -0.3 is 0 Å². The first-order chi connectivity index (χ1) is 7.81. The normalized spacial score (nSPS) is 10.1. The number of pyridine rings is 1. The van der Waals surface area contributed by atoms with Crippen molar-refractivity contribution in [1.82, 2.24) is 4.98 Å². The first kappa shape index (κ1) is 10.9. The minimum absolute atomic E-state index is 0.0427. The van der Waals surface area contributed by atoms with Crippen LogP contribution in [0.3, 0.4) is 0 Å². The molecule has 0 atom stereocenters. The maximum atomic E-state index is 11.4. The Bertz CT molecular complexity index is 479. The first-order valence-electron chi connectivity index (χ1n) is 4.96. The van der Waals surface area contributed by atoms with Gasteiger partial charge in [-0.05, 0) is 17.2 Å². The van der Waals surface area contributed by atoms with E-state index in [-0.39, 0.29) is 11.5 Å². The lowest BCUT2D eigenvalue weighted by Gasteiger charge is -2.02. The van der Waals surface area contributed by atoms with E-state index in [0.717, 1.165) is 11.1 Å². The average molecular weight is 229 g/mol. The van der Waals surface area contributed by atoms with Crippen molar-refractivity contribution in [2.24, 2.45) is 0 Å². The van der Waals surface area contributed by atoms with E-state index in [1.54, 1.807) is 12.4 Å². The molecule has 0 radical (unpaired) electrons. The Balaban J connectivity index is 2.30. The van der Waals surface area contributed by atoms with Crippen molar-refractivity contribution >= 4 is 18.4 Å². The van der Waals surface area contributed by atoms with Gasteiger partial charge in [0.1, 0.15) is 0 Å². The van der Waals surface area contributed by atoms with E-state index in [4.69, 9.17) is 0 Å². The maximum Gasteiger partial charge on any atom is 0.172 e. The molecule has 3 heteroatoms. The van der Waals surface area contributed by atoms with Gasteiger partial charge in [0, 0.05) is 18.0 Å². The lowest BCUT2D eigenvalue weighted by atomic mass is 10.0. The SMILES string of the molecule is O=C(CS)c1ccc(-c2cccnc2)cc1. The Kier molecular flexibility index (Phi) is 3.37. The smallest absolute Gasteiger partial charge is 0.172 e. The van der Waals surface area contributed by atoms with Crippen LogP contribution >= 0.6 is 12.6 Å². The largest absolute Gasteiger partial charge is 0.293 e. The number of nitrogens with zero attached hydrogens (tertiary/aromatic N) is 1. The molecule has 1 aromatic heterocycles. The third-order valence-corrected chi connectivity index (χ3v) is 2.63. The molecule has 2 aromatic rings. The second-order valence-electron chi connectivity index (χ2n) is 3.40. The molecule has 0 bridgehead atoms. The molecule has 80 valence electrons. The Labute approximate surface area is 99.8 Å². The van der Waals surface area contributed by atoms with Gasteiger partial charge in [0.25, 0.3) is 0 Å². The van der Waals surface area contributed by atoms with E-state index < -0.39 is 0 Å². The molecular formula is C13H11NOS. The summed E-state index contributed by atoms with van der Waals surface area (Å²) < 4.78 is 0. The van der Waals surface area contributed by atoms with Crippen molar-refractivity contribution in [3.63, 3.8) is 0 Å². The van der Waals surface area contributed by atoms with Gasteiger partial charge in [-0.3, -0.25) is 9.78 Å². The molecule has 2 rings (SSSR count). The van der Waals surface area contributed by atoms with Crippen LogP contribution in [0, 0.1) is 0 Å². The minimum atomic E-state index is 0.0427. The predicted octanol–water partition coefficient (Wildman–Crippen LogP) is 2.86. The van der Waals surface area contributed by atoms with Crippen LogP contribution in [0.1, 0.15) is 10.4 Å². The van der Waals surface area contributed by atoms with Gasteiger partial charge in [-0.1, -0.05) is 30.3 Å². The number of hydrogen-bond acceptors (Lipinski definition) is 3. The number of ketones is 1. The fourth-order valence-corrected chi connectivity index (χ4v) is 1.66. The average Bonchev–Trinajstić information content (AvgIpc) is 2.39. The van der Waals surface area contributed by atoms with Crippen LogP contribution in [0.5, 0.6) is 0 Å². The summed E-state index contributed by atoms with van der Waals surface area (Å²) in [4.78, 5) is 15.4.